The van der Waals surface area contributed by atoms with Gasteiger partial charge in [-0.2, -0.15) is 0 Å². The lowest BCUT2D eigenvalue weighted by atomic mass is 10.1. The van der Waals surface area contributed by atoms with Gasteiger partial charge in [-0.25, -0.2) is 4.79 Å². The van der Waals surface area contributed by atoms with E-state index >= 15 is 0 Å². The molecule has 0 aliphatic carbocycles. The van der Waals surface area contributed by atoms with Gasteiger partial charge >= 0.3 is 5.97 Å². The minimum Gasteiger partial charge on any atom is -0.465 e. The number of esters is 1. The maximum atomic E-state index is 11.1. The van der Waals surface area contributed by atoms with Gasteiger partial charge in [0.25, 0.3) is 0 Å². The number of nitrogens with one attached hydrogen (secondary N) is 1. The minimum atomic E-state index is -0.528. The van der Waals surface area contributed by atoms with E-state index in [9.17, 15) is 9.59 Å². The average Bonchev–Trinajstić information content (AvgIpc) is 2.55. The smallest absolute Gasteiger partial charge is 0.337 e. The number of methoxy groups -OCH3 is 1. The predicted molar refractivity (Wildman–Crippen MR) is 84.0 cm³/mol. The fourth-order valence-corrected chi connectivity index (χ4v) is 1.13. The van der Waals surface area contributed by atoms with Crippen LogP contribution < -0.4 is 5.32 Å². The maximum absolute atomic E-state index is 11.1. The molecule has 2 N–H and O–H groups in total. The standard InChI is InChI=1S/C11H13NO4.C3H8.C2H6/c1-16-11(15)9-4-2-8(3-5-9)6-12-10(14)7-13;1-3-2;1-2/h2-5,13H,6-7H2,1H3,(H,12,14);3H2,1-2H3;1-2H3. The Bertz CT molecular complexity index is 388. The summed E-state index contributed by atoms with van der Waals surface area (Å²) in [6, 6.07) is 6.66. The first-order valence-corrected chi connectivity index (χ1v) is 7.13. The van der Waals surface area contributed by atoms with E-state index < -0.39 is 18.5 Å². The molecule has 21 heavy (non-hydrogen) atoms. The molecular weight excluding hydrogens is 270 g/mol. The van der Waals surface area contributed by atoms with E-state index in [4.69, 9.17) is 5.11 Å². The number of hydrogen-bond acceptors (Lipinski definition) is 4. The first-order chi connectivity index (χ1) is 10.1. The lowest BCUT2D eigenvalue weighted by Gasteiger charge is -2.04. The molecule has 0 aliphatic rings. The highest BCUT2D eigenvalue weighted by Crippen LogP contribution is 2.05. The van der Waals surface area contributed by atoms with Crippen LogP contribution in [0.25, 0.3) is 0 Å². The minimum absolute atomic E-state index is 0.320. The first-order valence-electron chi connectivity index (χ1n) is 7.13. The molecule has 0 heterocycles. The Labute approximate surface area is 127 Å². The largest absolute Gasteiger partial charge is 0.465 e. The summed E-state index contributed by atoms with van der Waals surface area (Å²) < 4.78 is 4.55. The van der Waals surface area contributed by atoms with Gasteiger partial charge in [0.1, 0.15) is 6.61 Å². The average molecular weight is 297 g/mol. The molecule has 1 rings (SSSR count). The fourth-order valence-electron chi connectivity index (χ4n) is 1.13. The van der Waals surface area contributed by atoms with Gasteiger partial charge in [0.05, 0.1) is 12.7 Å². The van der Waals surface area contributed by atoms with Crippen LogP contribution in [0, 0.1) is 0 Å². The molecule has 1 aromatic rings. The van der Waals surface area contributed by atoms with Crippen LogP contribution in [0.3, 0.4) is 0 Å². The molecule has 120 valence electrons. The van der Waals surface area contributed by atoms with Crippen molar-refractivity contribution in [1.82, 2.24) is 5.32 Å². The van der Waals surface area contributed by atoms with E-state index in [0.29, 0.717) is 12.1 Å². The molecule has 0 aromatic heterocycles. The summed E-state index contributed by atoms with van der Waals surface area (Å²) >= 11 is 0. The summed E-state index contributed by atoms with van der Waals surface area (Å²) in [5.41, 5.74) is 1.30. The lowest BCUT2D eigenvalue weighted by Crippen LogP contribution is -2.25. The lowest BCUT2D eigenvalue weighted by molar-refractivity contribution is -0.123. The second-order valence-corrected chi connectivity index (χ2v) is 3.83. The van der Waals surface area contributed by atoms with Crippen LogP contribution in [0.4, 0.5) is 0 Å². The molecule has 0 radical (unpaired) electrons. The molecule has 0 spiro atoms. The van der Waals surface area contributed by atoms with E-state index in [1.54, 1.807) is 24.3 Å². The Balaban J connectivity index is 0. The number of rotatable bonds is 4. The summed E-state index contributed by atoms with van der Waals surface area (Å²) in [4.78, 5) is 21.9. The van der Waals surface area contributed by atoms with Crippen LogP contribution in [0.1, 0.15) is 50.0 Å². The molecule has 0 bridgehead atoms. The van der Waals surface area contributed by atoms with Crippen molar-refractivity contribution >= 4 is 11.9 Å². The predicted octanol–water partition coefficient (Wildman–Crippen LogP) is 2.52. The second-order valence-electron chi connectivity index (χ2n) is 3.83. The Morgan fingerprint density at radius 2 is 1.62 bits per heavy atom. The van der Waals surface area contributed by atoms with Crippen LogP contribution in [0.15, 0.2) is 24.3 Å². The van der Waals surface area contributed by atoms with Crippen molar-refractivity contribution in [1.29, 1.82) is 0 Å². The van der Waals surface area contributed by atoms with Crippen molar-refractivity contribution < 1.29 is 19.4 Å². The van der Waals surface area contributed by atoms with Gasteiger partial charge in [-0.3, -0.25) is 4.79 Å². The first kappa shape index (κ1) is 21.4. The van der Waals surface area contributed by atoms with E-state index in [1.807, 2.05) is 13.8 Å². The van der Waals surface area contributed by atoms with Crippen LogP contribution in [-0.4, -0.2) is 30.7 Å². The highest BCUT2D eigenvalue weighted by Gasteiger charge is 2.04. The summed E-state index contributed by atoms with van der Waals surface area (Å²) in [5, 5.41) is 11.0. The van der Waals surface area contributed by atoms with Crippen LogP contribution in [0.2, 0.25) is 0 Å². The number of carbonyl (C=O) groups is 2. The van der Waals surface area contributed by atoms with Gasteiger partial charge < -0.3 is 15.2 Å². The molecule has 5 heteroatoms. The SMILES string of the molecule is CC.CCC.COC(=O)c1ccc(CNC(=O)CO)cc1. The van der Waals surface area contributed by atoms with Gasteiger partial charge in [0.15, 0.2) is 0 Å². The quantitative estimate of drug-likeness (QED) is 0.837. The molecule has 0 unspecified atom stereocenters. The molecule has 0 saturated heterocycles. The molecule has 0 atom stereocenters. The zero-order valence-electron chi connectivity index (χ0n) is 13.6. The Kier molecular flexibility index (Phi) is 14.8. The second kappa shape index (κ2) is 14.5. The molecule has 5 nitrogen and oxygen atoms in total. The zero-order valence-corrected chi connectivity index (χ0v) is 13.6. The van der Waals surface area contributed by atoms with Gasteiger partial charge in [-0.05, 0) is 17.7 Å². The van der Waals surface area contributed by atoms with Crippen LogP contribution in [0.5, 0.6) is 0 Å². The molecule has 0 saturated carbocycles. The third-order valence-electron chi connectivity index (χ3n) is 2.01. The normalized spacial score (nSPS) is 8.48. The topological polar surface area (TPSA) is 75.6 Å². The van der Waals surface area contributed by atoms with Gasteiger partial charge in [0.2, 0.25) is 5.91 Å². The number of aliphatic hydroxyl groups is 1. The van der Waals surface area contributed by atoms with Crippen molar-refractivity contribution in [2.45, 2.75) is 40.7 Å². The molecule has 0 aliphatic heterocycles. The highest BCUT2D eigenvalue weighted by molar-refractivity contribution is 5.89. The monoisotopic (exact) mass is 297 g/mol. The number of ether oxygens (including phenoxy) is 1. The van der Waals surface area contributed by atoms with E-state index in [2.05, 4.69) is 23.9 Å². The summed E-state index contributed by atoms with van der Waals surface area (Å²) in [6.45, 7) is 8.04. The van der Waals surface area contributed by atoms with E-state index in [1.165, 1.54) is 13.5 Å². The van der Waals surface area contributed by atoms with Crippen molar-refractivity contribution in [2.24, 2.45) is 0 Å². The molecular formula is C16H27NO4. The summed E-state index contributed by atoms with van der Waals surface area (Å²) in [5.74, 6) is -0.831. The fraction of sp³-hybridized carbons (Fsp3) is 0.500. The van der Waals surface area contributed by atoms with Crippen molar-refractivity contribution in [3.63, 3.8) is 0 Å². The number of amides is 1. The molecule has 1 amide bonds. The third-order valence-corrected chi connectivity index (χ3v) is 2.01. The summed E-state index contributed by atoms with van der Waals surface area (Å²) in [6.07, 6.45) is 1.25. The highest BCUT2D eigenvalue weighted by atomic mass is 16.5. The summed E-state index contributed by atoms with van der Waals surface area (Å²) in [7, 11) is 1.32. The molecule has 0 fully saturated rings. The Hall–Kier alpha value is -1.88. The number of hydrogen-bond donors (Lipinski definition) is 2. The van der Waals surface area contributed by atoms with E-state index in [0.717, 1.165) is 5.56 Å². The Morgan fingerprint density at radius 3 is 2.00 bits per heavy atom. The zero-order chi connectivity index (χ0) is 16.7. The Morgan fingerprint density at radius 1 is 1.14 bits per heavy atom. The van der Waals surface area contributed by atoms with Gasteiger partial charge in [0, 0.05) is 6.54 Å². The van der Waals surface area contributed by atoms with E-state index in [-0.39, 0.29) is 0 Å². The van der Waals surface area contributed by atoms with Gasteiger partial charge in [-0.1, -0.05) is 46.2 Å². The third kappa shape index (κ3) is 10.6. The van der Waals surface area contributed by atoms with Crippen LogP contribution >= 0.6 is 0 Å². The van der Waals surface area contributed by atoms with Crippen molar-refractivity contribution in [2.75, 3.05) is 13.7 Å². The van der Waals surface area contributed by atoms with Crippen LogP contribution in [-0.2, 0) is 16.1 Å². The molecule has 1 aromatic carbocycles. The number of aliphatic hydroxyl groups excluding tert-OH is 1. The van der Waals surface area contributed by atoms with Crippen molar-refractivity contribution in [3.05, 3.63) is 35.4 Å². The number of benzene rings is 1. The maximum Gasteiger partial charge on any atom is 0.337 e. The van der Waals surface area contributed by atoms with Gasteiger partial charge in [-0.15, -0.1) is 0 Å². The van der Waals surface area contributed by atoms with Crippen molar-refractivity contribution in [3.8, 4) is 0 Å². The number of carbonyl (C=O) groups excluding carboxylic acids is 2.